The van der Waals surface area contributed by atoms with Gasteiger partial charge in [-0.25, -0.2) is 4.98 Å². The summed E-state index contributed by atoms with van der Waals surface area (Å²) in [4.78, 5) is 16.8. The van der Waals surface area contributed by atoms with Crippen LogP contribution in [0.5, 0.6) is 0 Å². The molecule has 1 heterocycles. The van der Waals surface area contributed by atoms with Gasteiger partial charge in [-0.1, -0.05) is 24.3 Å². The number of rotatable bonds is 3. The largest absolute Gasteiger partial charge is 0.377 e. The number of nitro groups is 1. The van der Waals surface area contributed by atoms with Crippen molar-refractivity contribution in [1.29, 1.82) is 0 Å². The van der Waals surface area contributed by atoms with Crippen molar-refractivity contribution in [3.8, 4) is 0 Å². The van der Waals surface area contributed by atoms with Gasteiger partial charge in [-0.3, -0.25) is 10.1 Å². The van der Waals surface area contributed by atoms with Crippen LogP contribution in [0.4, 0.5) is 11.4 Å². The zero-order valence-corrected chi connectivity index (χ0v) is 11.1. The molecule has 0 saturated carbocycles. The van der Waals surface area contributed by atoms with Crippen LogP contribution in [0.2, 0.25) is 0 Å². The molecule has 0 saturated heterocycles. The summed E-state index contributed by atoms with van der Waals surface area (Å²) in [6.07, 6.45) is 5.54. The third-order valence-electron chi connectivity index (χ3n) is 2.87. The topological polar surface area (TPSA) is 59.3 Å². The molecule has 5 nitrogen and oxygen atoms in total. The second kappa shape index (κ2) is 5.06. The van der Waals surface area contributed by atoms with Crippen molar-refractivity contribution in [1.82, 2.24) is 4.98 Å². The molecule has 0 N–H and O–H groups in total. The molecule has 0 atom stereocenters. The van der Waals surface area contributed by atoms with Crippen LogP contribution < -0.4 is 4.90 Å². The minimum atomic E-state index is -0.399. The normalized spacial score (nSPS) is 11.1. The van der Waals surface area contributed by atoms with E-state index in [1.54, 1.807) is 12.3 Å². The average Bonchev–Trinajstić information content (AvgIpc) is 2.37. The molecule has 2 rings (SSSR count). The molecule has 0 fully saturated rings. The lowest BCUT2D eigenvalue weighted by atomic mass is 10.1. The predicted molar refractivity (Wildman–Crippen MR) is 77.4 cm³/mol. The van der Waals surface area contributed by atoms with E-state index < -0.39 is 4.92 Å². The minimum Gasteiger partial charge on any atom is -0.377 e. The highest BCUT2D eigenvalue weighted by molar-refractivity contribution is 5.99. The lowest BCUT2D eigenvalue weighted by Gasteiger charge is -2.18. The maximum Gasteiger partial charge on any atom is 0.295 e. The summed E-state index contributed by atoms with van der Waals surface area (Å²) in [5, 5.41) is 11.8. The second-order valence-electron chi connectivity index (χ2n) is 4.39. The van der Waals surface area contributed by atoms with Gasteiger partial charge in [-0.15, -0.1) is 0 Å². The highest BCUT2D eigenvalue weighted by Crippen LogP contribution is 2.33. The van der Waals surface area contributed by atoms with Gasteiger partial charge in [-0.2, -0.15) is 0 Å². The lowest BCUT2D eigenvalue weighted by molar-refractivity contribution is -0.383. The van der Waals surface area contributed by atoms with Crippen LogP contribution in [0.1, 0.15) is 12.5 Å². The van der Waals surface area contributed by atoms with Crippen molar-refractivity contribution < 1.29 is 4.92 Å². The fourth-order valence-corrected chi connectivity index (χ4v) is 2.16. The number of fused-ring (bicyclic) bond motifs is 1. The molecule has 1 aromatic heterocycles. The average molecular weight is 257 g/mol. The molecule has 1 aromatic carbocycles. The molecule has 0 aliphatic heterocycles. The molecule has 19 heavy (non-hydrogen) atoms. The molecular weight excluding hydrogens is 242 g/mol. The van der Waals surface area contributed by atoms with Crippen molar-refractivity contribution in [3.05, 3.63) is 46.1 Å². The van der Waals surface area contributed by atoms with E-state index in [9.17, 15) is 10.1 Å². The van der Waals surface area contributed by atoms with E-state index in [0.29, 0.717) is 5.52 Å². The molecular formula is C14H15N3O2. The Morgan fingerprint density at radius 1 is 1.37 bits per heavy atom. The Kier molecular flexibility index (Phi) is 3.46. The maximum absolute atomic E-state index is 11.0. The SMILES string of the molecule is CC=Cc1cnc2c([N+](=O)[O-])cccc2c1N(C)C. The molecule has 0 radical (unpaired) electrons. The summed E-state index contributed by atoms with van der Waals surface area (Å²) in [5.41, 5.74) is 2.34. The van der Waals surface area contributed by atoms with Gasteiger partial charge in [0.15, 0.2) is 0 Å². The van der Waals surface area contributed by atoms with Crippen molar-refractivity contribution in [2.24, 2.45) is 0 Å². The predicted octanol–water partition coefficient (Wildman–Crippen LogP) is 3.24. The fraction of sp³-hybridized carbons (Fsp3) is 0.214. The van der Waals surface area contributed by atoms with Crippen LogP contribution in [0.15, 0.2) is 30.5 Å². The summed E-state index contributed by atoms with van der Waals surface area (Å²) >= 11 is 0. The maximum atomic E-state index is 11.0. The number of non-ortho nitro benzene ring substituents is 1. The number of hydrogen-bond acceptors (Lipinski definition) is 4. The van der Waals surface area contributed by atoms with Gasteiger partial charge in [-0.05, 0) is 6.92 Å². The van der Waals surface area contributed by atoms with Gasteiger partial charge in [0.1, 0.15) is 5.52 Å². The Balaban J connectivity index is 2.86. The van der Waals surface area contributed by atoms with Crippen molar-refractivity contribution in [2.75, 3.05) is 19.0 Å². The molecule has 0 amide bonds. The van der Waals surface area contributed by atoms with E-state index >= 15 is 0 Å². The fourth-order valence-electron chi connectivity index (χ4n) is 2.16. The Labute approximate surface area is 111 Å². The smallest absolute Gasteiger partial charge is 0.295 e. The molecule has 0 unspecified atom stereocenters. The molecule has 2 aromatic rings. The number of pyridine rings is 1. The summed E-state index contributed by atoms with van der Waals surface area (Å²) in [7, 11) is 3.83. The first-order chi connectivity index (χ1) is 9.06. The standard InChI is InChI=1S/C14H15N3O2/c1-4-6-10-9-15-13-11(14(10)16(2)3)7-5-8-12(13)17(18)19/h4-9H,1-3H3. The van der Waals surface area contributed by atoms with Crippen LogP contribution in [0.3, 0.4) is 0 Å². The van der Waals surface area contributed by atoms with E-state index in [0.717, 1.165) is 16.6 Å². The number of para-hydroxylation sites is 1. The van der Waals surface area contributed by atoms with Crippen LogP contribution in [-0.2, 0) is 0 Å². The van der Waals surface area contributed by atoms with Crippen molar-refractivity contribution >= 4 is 28.4 Å². The quantitative estimate of drug-likeness (QED) is 0.625. The Morgan fingerprint density at radius 3 is 2.68 bits per heavy atom. The highest BCUT2D eigenvalue weighted by atomic mass is 16.6. The van der Waals surface area contributed by atoms with E-state index in [-0.39, 0.29) is 5.69 Å². The molecule has 0 aliphatic carbocycles. The van der Waals surface area contributed by atoms with Gasteiger partial charge >= 0.3 is 0 Å². The number of anilines is 1. The third-order valence-corrected chi connectivity index (χ3v) is 2.87. The highest BCUT2D eigenvalue weighted by Gasteiger charge is 2.17. The number of hydrogen-bond donors (Lipinski definition) is 0. The van der Waals surface area contributed by atoms with E-state index in [2.05, 4.69) is 4.98 Å². The third kappa shape index (κ3) is 2.27. The van der Waals surface area contributed by atoms with Crippen LogP contribution in [-0.4, -0.2) is 24.0 Å². The van der Waals surface area contributed by atoms with E-state index in [1.807, 2.05) is 44.1 Å². The van der Waals surface area contributed by atoms with Crippen molar-refractivity contribution in [2.45, 2.75) is 6.92 Å². The summed E-state index contributed by atoms with van der Waals surface area (Å²) in [5.74, 6) is 0. The Hall–Kier alpha value is -2.43. The van der Waals surface area contributed by atoms with Crippen LogP contribution in [0.25, 0.3) is 17.0 Å². The zero-order chi connectivity index (χ0) is 14.0. The first kappa shape index (κ1) is 13.0. The summed E-state index contributed by atoms with van der Waals surface area (Å²) in [6.45, 7) is 1.93. The van der Waals surface area contributed by atoms with Gasteiger partial charge in [0, 0.05) is 37.3 Å². The first-order valence-electron chi connectivity index (χ1n) is 5.92. The number of nitrogens with zero attached hydrogens (tertiary/aromatic N) is 3. The zero-order valence-electron chi connectivity index (χ0n) is 11.1. The van der Waals surface area contributed by atoms with Crippen LogP contribution in [0, 0.1) is 10.1 Å². The first-order valence-corrected chi connectivity index (χ1v) is 5.92. The summed E-state index contributed by atoms with van der Waals surface area (Å²) in [6, 6.07) is 5.02. The van der Waals surface area contributed by atoms with Gasteiger partial charge in [0.2, 0.25) is 0 Å². The van der Waals surface area contributed by atoms with Gasteiger partial charge < -0.3 is 4.90 Å². The molecule has 0 aliphatic rings. The molecule has 0 spiro atoms. The van der Waals surface area contributed by atoms with E-state index in [1.165, 1.54) is 6.07 Å². The minimum absolute atomic E-state index is 0.0348. The second-order valence-corrected chi connectivity index (χ2v) is 4.39. The monoisotopic (exact) mass is 257 g/mol. The summed E-state index contributed by atoms with van der Waals surface area (Å²) < 4.78 is 0. The lowest BCUT2D eigenvalue weighted by Crippen LogP contribution is -2.11. The number of nitro benzene ring substituents is 1. The molecule has 0 bridgehead atoms. The Morgan fingerprint density at radius 2 is 2.11 bits per heavy atom. The van der Waals surface area contributed by atoms with Gasteiger partial charge in [0.25, 0.3) is 5.69 Å². The van der Waals surface area contributed by atoms with Crippen LogP contribution >= 0.6 is 0 Å². The number of aromatic nitrogens is 1. The number of benzene rings is 1. The number of allylic oxidation sites excluding steroid dienone is 1. The Bertz CT molecular complexity index is 663. The molecule has 5 heteroatoms. The van der Waals surface area contributed by atoms with Gasteiger partial charge in [0.05, 0.1) is 10.6 Å². The molecule has 98 valence electrons. The van der Waals surface area contributed by atoms with Crippen molar-refractivity contribution in [3.63, 3.8) is 0 Å². The van der Waals surface area contributed by atoms with E-state index in [4.69, 9.17) is 0 Å².